The molecule has 4 rings (SSSR count). The van der Waals surface area contributed by atoms with Crippen LogP contribution in [0.25, 0.3) is 0 Å². The summed E-state index contributed by atoms with van der Waals surface area (Å²) in [4.78, 5) is 25.7. The van der Waals surface area contributed by atoms with E-state index in [1.807, 2.05) is 6.07 Å². The van der Waals surface area contributed by atoms with Crippen molar-refractivity contribution in [1.29, 1.82) is 0 Å². The van der Waals surface area contributed by atoms with Crippen LogP contribution in [0.4, 0.5) is 0 Å². The number of unbranched alkanes of at least 4 members (excludes halogenated alkanes) is 24. The highest BCUT2D eigenvalue weighted by molar-refractivity contribution is 5.72. The lowest BCUT2D eigenvalue weighted by molar-refractivity contribution is -0.157. The smallest absolute Gasteiger partial charge is 0.311 e. The SMILES string of the molecule is CCCCCCCCCCCCCCCC(=O)Oc1ccc2c(c1)CC[C@@H]1[C@@H]2CC[C@]2(C)[C@@H](OC(=O)CCCCCCCCCCCCCCC)CC[C@@H]12. The van der Waals surface area contributed by atoms with Gasteiger partial charge in [-0.3, -0.25) is 9.59 Å². The third-order valence-electron chi connectivity index (χ3n) is 14.1. The average Bonchev–Trinajstić information content (AvgIpc) is 3.50. The molecule has 4 heteroatoms. The van der Waals surface area contributed by atoms with Gasteiger partial charge < -0.3 is 9.47 Å². The number of benzene rings is 1. The molecule has 0 aromatic heterocycles. The average molecular weight is 749 g/mol. The Bertz CT molecular complexity index is 1180. The molecule has 0 amide bonds. The molecule has 0 spiro atoms. The predicted molar refractivity (Wildman–Crippen MR) is 227 cm³/mol. The molecule has 3 aliphatic rings. The first-order valence-electron chi connectivity index (χ1n) is 24.0. The van der Waals surface area contributed by atoms with Crippen LogP contribution in [0.5, 0.6) is 5.75 Å². The third-order valence-corrected chi connectivity index (χ3v) is 14.1. The Morgan fingerprint density at radius 3 is 1.59 bits per heavy atom. The Kier molecular flexibility index (Phi) is 21.7. The number of aryl methyl sites for hydroxylation is 1. The highest BCUT2D eigenvalue weighted by Gasteiger charge is 2.56. The number of hydrogen-bond acceptors (Lipinski definition) is 4. The molecular formula is C50H84O4. The summed E-state index contributed by atoms with van der Waals surface area (Å²) in [5, 5.41) is 0. The normalized spacial score (nSPS) is 23.1. The van der Waals surface area contributed by atoms with Crippen molar-refractivity contribution >= 4 is 11.9 Å². The standard InChI is InChI=1S/C50H84O4/c1-4-6-8-10-12-14-16-18-20-22-24-26-28-30-48(51)53-42-33-35-43-41(40-42)32-34-45-44(43)38-39-50(3)46(45)36-37-47(50)54-49(52)31-29-27-25-23-21-19-17-15-13-11-9-7-5-2/h33,35,40,44-47H,4-32,34,36-39H2,1-3H3/t44-,45-,46+,47+,50+/m1/s1. The molecule has 1 aromatic carbocycles. The van der Waals surface area contributed by atoms with E-state index in [1.165, 1.54) is 165 Å². The van der Waals surface area contributed by atoms with Gasteiger partial charge in [-0.25, -0.2) is 0 Å². The van der Waals surface area contributed by atoms with Crippen molar-refractivity contribution in [3.8, 4) is 5.75 Å². The van der Waals surface area contributed by atoms with Crippen LogP contribution < -0.4 is 4.74 Å². The number of ether oxygens (including phenoxy) is 2. The second-order valence-corrected chi connectivity index (χ2v) is 18.3. The molecular weight excluding hydrogens is 665 g/mol. The number of rotatable bonds is 30. The van der Waals surface area contributed by atoms with E-state index in [-0.39, 0.29) is 23.5 Å². The first-order valence-corrected chi connectivity index (χ1v) is 24.0. The zero-order chi connectivity index (χ0) is 38.3. The minimum absolute atomic E-state index is 0.0391. The molecule has 0 bridgehead atoms. The maximum absolute atomic E-state index is 13.0. The Morgan fingerprint density at radius 1 is 0.593 bits per heavy atom. The number of hydrogen-bond donors (Lipinski definition) is 0. The minimum atomic E-state index is -0.0826. The summed E-state index contributed by atoms with van der Waals surface area (Å²) in [5.41, 5.74) is 2.96. The van der Waals surface area contributed by atoms with E-state index < -0.39 is 0 Å². The number of carbonyl (C=O) groups excluding carboxylic acids is 2. The molecule has 0 N–H and O–H groups in total. The summed E-state index contributed by atoms with van der Waals surface area (Å²) in [6.07, 6.45) is 42.1. The van der Waals surface area contributed by atoms with E-state index in [0.29, 0.717) is 30.6 Å². The Morgan fingerprint density at radius 2 is 1.07 bits per heavy atom. The summed E-state index contributed by atoms with van der Waals surface area (Å²) >= 11 is 0. The van der Waals surface area contributed by atoms with Gasteiger partial charge in [-0.1, -0.05) is 181 Å². The van der Waals surface area contributed by atoms with Crippen LogP contribution in [0.15, 0.2) is 18.2 Å². The van der Waals surface area contributed by atoms with Crippen LogP contribution in [0.1, 0.15) is 250 Å². The van der Waals surface area contributed by atoms with Gasteiger partial charge in [-0.05, 0) is 92.4 Å². The molecule has 0 heterocycles. The second-order valence-electron chi connectivity index (χ2n) is 18.3. The van der Waals surface area contributed by atoms with E-state index in [4.69, 9.17) is 9.47 Å². The fourth-order valence-electron chi connectivity index (χ4n) is 10.7. The van der Waals surface area contributed by atoms with Crippen molar-refractivity contribution < 1.29 is 19.1 Å². The Balaban J connectivity index is 1.07. The summed E-state index contributed by atoms with van der Waals surface area (Å²) in [7, 11) is 0. The topological polar surface area (TPSA) is 52.6 Å². The van der Waals surface area contributed by atoms with E-state index >= 15 is 0 Å². The largest absolute Gasteiger partial charge is 0.462 e. The van der Waals surface area contributed by atoms with Crippen molar-refractivity contribution in [2.75, 3.05) is 0 Å². The van der Waals surface area contributed by atoms with Gasteiger partial charge in [0.1, 0.15) is 11.9 Å². The number of esters is 2. The molecule has 0 unspecified atom stereocenters. The fourth-order valence-corrected chi connectivity index (χ4v) is 10.7. The molecule has 2 fully saturated rings. The molecule has 0 saturated heterocycles. The van der Waals surface area contributed by atoms with Crippen LogP contribution in [0.3, 0.4) is 0 Å². The molecule has 2 saturated carbocycles. The third kappa shape index (κ3) is 15.2. The van der Waals surface area contributed by atoms with Gasteiger partial charge in [0.25, 0.3) is 0 Å². The van der Waals surface area contributed by atoms with Gasteiger partial charge in [0.05, 0.1) is 0 Å². The van der Waals surface area contributed by atoms with Gasteiger partial charge in [0.2, 0.25) is 0 Å². The lowest BCUT2D eigenvalue weighted by atomic mass is 9.55. The first kappa shape index (κ1) is 44.9. The van der Waals surface area contributed by atoms with Crippen molar-refractivity contribution in [2.45, 2.75) is 251 Å². The summed E-state index contributed by atoms with van der Waals surface area (Å²) in [5.74, 6) is 2.53. The van der Waals surface area contributed by atoms with Crippen LogP contribution in [-0.4, -0.2) is 18.0 Å². The molecule has 54 heavy (non-hydrogen) atoms. The minimum Gasteiger partial charge on any atom is -0.462 e. The number of fused-ring (bicyclic) bond motifs is 5. The maximum Gasteiger partial charge on any atom is 0.311 e. The van der Waals surface area contributed by atoms with Crippen LogP contribution in [0.2, 0.25) is 0 Å². The summed E-state index contributed by atoms with van der Waals surface area (Å²) in [6, 6.07) is 6.48. The molecule has 4 nitrogen and oxygen atoms in total. The summed E-state index contributed by atoms with van der Waals surface area (Å²) < 4.78 is 12.1. The lowest BCUT2D eigenvalue weighted by Crippen LogP contribution is -2.45. The van der Waals surface area contributed by atoms with Crippen molar-refractivity contribution in [2.24, 2.45) is 17.3 Å². The van der Waals surface area contributed by atoms with Crippen molar-refractivity contribution in [1.82, 2.24) is 0 Å². The van der Waals surface area contributed by atoms with Crippen molar-refractivity contribution in [3.63, 3.8) is 0 Å². The number of carbonyl (C=O) groups is 2. The quantitative estimate of drug-likeness (QED) is 0.0447. The monoisotopic (exact) mass is 749 g/mol. The Labute approximate surface area is 333 Å². The fraction of sp³-hybridized carbons (Fsp3) is 0.840. The Hall–Kier alpha value is -1.84. The zero-order valence-corrected chi connectivity index (χ0v) is 35.7. The highest BCUT2D eigenvalue weighted by atomic mass is 16.5. The molecule has 5 atom stereocenters. The molecule has 1 aromatic rings. The van der Waals surface area contributed by atoms with Gasteiger partial charge in [0.15, 0.2) is 0 Å². The van der Waals surface area contributed by atoms with E-state index in [0.717, 1.165) is 57.1 Å². The van der Waals surface area contributed by atoms with Gasteiger partial charge in [-0.15, -0.1) is 0 Å². The highest BCUT2D eigenvalue weighted by Crippen LogP contribution is 2.61. The van der Waals surface area contributed by atoms with Crippen molar-refractivity contribution in [3.05, 3.63) is 29.3 Å². The second kappa shape index (κ2) is 26.1. The van der Waals surface area contributed by atoms with E-state index in [9.17, 15) is 9.59 Å². The molecule has 308 valence electrons. The van der Waals surface area contributed by atoms with Gasteiger partial charge >= 0.3 is 11.9 Å². The van der Waals surface area contributed by atoms with Crippen LogP contribution in [-0.2, 0) is 20.7 Å². The van der Waals surface area contributed by atoms with Gasteiger partial charge in [-0.2, -0.15) is 0 Å². The summed E-state index contributed by atoms with van der Waals surface area (Å²) in [6.45, 7) is 7.00. The van der Waals surface area contributed by atoms with E-state index in [2.05, 4.69) is 32.9 Å². The van der Waals surface area contributed by atoms with Gasteiger partial charge in [0, 0.05) is 18.3 Å². The lowest BCUT2D eigenvalue weighted by Gasteiger charge is -2.50. The first-order chi connectivity index (χ1) is 26.5. The van der Waals surface area contributed by atoms with Crippen LogP contribution in [0, 0.1) is 17.3 Å². The molecule has 0 aliphatic heterocycles. The zero-order valence-electron chi connectivity index (χ0n) is 35.7. The molecule has 0 radical (unpaired) electrons. The van der Waals surface area contributed by atoms with Crippen LogP contribution >= 0.6 is 0 Å². The molecule has 3 aliphatic carbocycles. The van der Waals surface area contributed by atoms with E-state index in [1.54, 1.807) is 0 Å². The maximum atomic E-state index is 13.0. The predicted octanol–water partition coefficient (Wildman–Crippen LogP) is 15.3.